The van der Waals surface area contributed by atoms with Gasteiger partial charge in [-0.1, -0.05) is 6.07 Å². The van der Waals surface area contributed by atoms with Gasteiger partial charge in [-0.3, -0.25) is 9.78 Å². The number of carbonyl (C=O) groups excluding carboxylic acids is 1. The molecule has 0 radical (unpaired) electrons. The summed E-state index contributed by atoms with van der Waals surface area (Å²) in [6, 6.07) is 7.41. The van der Waals surface area contributed by atoms with Crippen LogP contribution in [0.4, 0.5) is 0 Å². The number of carboxylic acids is 1. The molecule has 1 aromatic heterocycles. The van der Waals surface area contributed by atoms with Crippen molar-refractivity contribution in [3.05, 3.63) is 58.9 Å². The van der Waals surface area contributed by atoms with Crippen molar-refractivity contribution in [2.24, 2.45) is 0 Å². The van der Waals surface area contributed by atoms with Crippen LogP contribution in [-0.4, -0.2) is 35.6 Å². The van der Waals surface area contributed by atoms with Gasteiger partial charge in [-0.05, 0) is 48.6 Å². The molecule has 0 saturated carbocycles. The van der Waals surface area contributed by atoms with Crippen LogP contribution in [-0.2, 0) is 6.42 Å². The molecule has 6 nitrogen and oxygen atoms in total. The number of rotatable bonds is 5. The van der Waals surface area contributed by atoms with Crippen LogP contribution in [0, 0.1) is 0 Å². The molecule has 6 heteroatoms. The van der Waals surface area contributed by atoms with Gasteiger partial charge in [0.15, 0.2) is 0 Å². The molecule has 1 atom stereocenters. The Morgan fingerprint density at radius 3 is 2.84 bits per heavy atom. The minimum atomic E-state index is -1.10. The molecule has 25 heavy (non-hydrogen) atoms. The van der Waals surface area contributed by atoms with Crippen molar-refractivity contribution in [3.8, 4) is 5.75 Å². The highest BCUT2D eigenvalue weighted by atomic mass is 16.5. The molecule has 1 heterocycles. The van der Waals surface area contributed by atoms with E-state index in [9.17, 15) is 9.59 Å². The number of fused-ring (bicyclic) bond motifs is 1. The van der Waals surface area contributed by atoms with Gasteiger partial charge in [-0.15, -0.1) is 0 Å². The fourth-order valence-electron chi connectivity index (χ4n) is 3.23. The van der Waals surface area contributed by atoms with Gasteiger partial charge in [-0.25, -0.2) is 4.79 Å². The first-order valence-corrected chi connectivity index (χ1v) is 8.22. The van der Waals surface area contributed by atoms with Crippen molar-refractivity contribution >= 4 is 11.9 Å². The summed E-state index contributed by atoms with van der Waals surface area (Å²) in [7, 11) is 1.65. The molecule has 1 aliphatic rings. The minimum absolute atomic E-state index is 0.00255. The molecule has 3 rings (SSSR count). The number of amides is 1. The summed E-state index contributed by atoms with van der Waals surface area (Å²) in [5.41, 5.74) is 2.76. The van der Waals surface area contributed by atoms with Crippen LogP contribution in [0.15, 0.2) is 36.7 Å². The van der Waals surface area contributed by atoms with Crippen LogP contribution in [0.25, 0.3) is 0 Å². The average Bonchev–Trinajstić information content (AvgIpc) is 2.65. The number of ether oxygens (including phenoxy) is 1. The molecule has 1 aromatic carbocycles. The van der Waals surface area contributed by atoms with E-state index in [4.69, 9.17) is 9.84 Å². The Kier molecular flexibility index (Phi) is 4.97. The molecule has 0 spiro atoms. The maximum Gasteiger partial charge on any atom is 0.337 e. The maximum absolute atomic E-state index is 12.3. The zero-order chi connectivity index (χ0) is 17.8. The van der Waals surface area contributed by atoms with E-state index in [-0.39, 0.29) is 23.0 Å². The number of aromatic nitrogens is 1. The maximum atomic E-state index is 12.3. The van der Waals surface area contributed by atoms with Gasteiger partial charge in [0.1, 0.15) is 5.75 Å². The standard InChI is InChI=1S/C19H20N2O4/c1-25-16-5-6-17-12(8-16)3-2-4-13(17)11-21-18(22)14-7-15(19(23)24)10-20-9-14/h5-10,13H,2-4,11H2,1H3,(H,21,22)(H,23,24). The number of hydrogen-bond donors (Lipinski definition) is 2. The Morgan fingerprint density at radius 2 is 2.08 bits per heavy atom. The number of aromatic carboxylic acids is 1. The summed E-state index contributed by atoms with van der Waals surface area (Å²) in [5, 5.41) is 11.9. The molecule has 0 aliphatic heterocycles. The Bertz CT molecular complexity index is 804. The van der Waals surface area contributed by atoms with E-state index in [1.54, 1.807) is 7.11 Å². The number of pyridine rings is 1. The third-order valence-corrected chi connectivity index (χ3v) is 4.55. The van der Waals surface area contributed by atoms with Crippen molar-refractivity contribution in [2.75, 3.05) is 13.7 Å². The SMILES string of the molecule is COc1ccc2c(c1)CCCC2CNC(=O)c1cncc(C(=O)O)c1. The fraction of sp³-hybridized carbons (Fsp3) is 0.316. The molecule has 0 saturated heterocycles. The predicted molar refractivity (Wildman–Crippen MR) is 92.2 cm³/mol. The van der Waals surface area contributed by atoms with E-state index in [2.05, 4.69) is 22.4 Å². The molecular weight excluding hydrogens is 320 g/mol. The highest BCUT2D eigenvalue weighted by Crippen LogP contribution is 2.33. The van der Waals surface area contributed by atoms with Gasteiger partial charge in [0, 0.05) is 24.9 Å². The molecule has 1 aliphatic carbocycles. The lowest BCUT2D eigenvalue weighted by Crippen LogP contribution is -2.30. The number of nitrogens with one attached hydrogen (secondary N) is 1. The number of benzene rings is 1. The Hall–Kier alpha value is -2.89. The highest BCUT2D eigenvalue weighted by Gasteiger charge is 2.21. The summed E-state index contributed by atoms with van der Waals surface area (Å²) in [6.07, 6.45) is 5.69. The van der Waals surface area contributed by atoms with Crippen LogP contribution < -0.4 is 10.1 Å². The van der Waals surface area contributed by atoms with E-state index in [1.165, 1.54) is 29.6 Å². The molecule has 0 fully saturated rings. The number of nitrogens with zero attached hydrogens (tertiary/aromatic N) is 1. The van der Waals surface area contributed by atoms with E-state index in [0.29, 0.717) is 6.54 Å². The van der Waals surface area contributed by atoms with Crippen molar-refractivity contribution < 1.29 is 19.4 Å². The Labute approximate surface area is 145 Å². The van der Waals surface area contributed by atoms with Crippen LogP contribution in [0.5, 0.6) is 5.75 Å². The third-order valence-electron chi connectivity index (χ3n) is 4.55. The molecule has 2 aromatic rings. The van der Waals surface area contributed by atoms with Gasteiger partial charge < -0.3 is 15.2 Å². The smallest absolute Gasteiger partial charge is 0.337 e. The topological polar surface area (TPSA) is 88.5 Å². The van der Waals surface area contributed by atoms with Gasteiger partial charge >= 0.3 is 5.97 Å². The van der Waals surface area contributed by atoms with Crippen molar-refractivity contribution in [1.82, 2.24) is 10.3 Å². The van der Waals surface area contributed by atoms with E-state index in [1.807, 2.05) is 6.07 Å². The van der Waals surface area contributed by atoms with E-state index in [0.717, 1.165) is 25.0 Å². The van der Waals surface area contributed by atoms with E-state index < -0.39 is 5.97 Å². The second-order valence-corrected chi connectivity index (χ2v) is 6.13. The average molecular weight is 340 g/mol. The van der Waals surface area contributed by atoms with Gasteiger partial charge in [-0.2, -0.15) is 0 Å². The van der Waals surface area contributed by atoms with Crippen LogP contribution in [0.2, 0.25) is 0 Å². The first kappa shape index (κ1) is 17.0. The second-order valence-electron chi connectivity index (χ2n) is 6.13. The molecule has 1 unspecified atom stereocenters. The van der Waals surface area contributed by atoms with Gasteiger partial charge in [0.05, 0.1) is 18.2 Å². The normalized spacial score (nSPS) is 16.0. The van der Waals surface area contributed by atoms with E-state index >= 15 is 0 Å². The van der Waals surface area contributed by atoms with Crippen LogP contribution >= 0.6 is 0 Å². The van der Waals surface area contributed by atoms with Crippen molar-refractivity contribution in [3.63, 3.8) is 0 Å². The second kappa shape index (κ2) is 7.34. The highest BCUT2D eigenvalue weighted by molar-refractivity contribution is 5.96. The molecule has 1 amide bonds. The lowest BCUT2D eigenvalue weighted by Gasteiger charge is -2.26. The predicted octanol–water partition coefficient (Wildman–Crippen LogP) is 2.64. The molecule has 130 valence electrons. The number of hydrogen-bond acceptors (Lipinski definition) is 4. The Morgan fingerprint density at radius 1 is 1.28 bits per heavy atom. The quantitative estimate of drug-likeness (QED) is 0.873. The fourth-order valence-corrected chi connectivity index (χ4v) is 3.23. The lowest BCUT2D eigenvalue weighted by atomic mass is 9.82. The lowest BCUT2D eigenvalue weighted by molar-refractivity contribution is 0.0696. The van der Waals surface area contributed by atoms with Crippen molar-refractivity contribution in [2.45, 2.75) is 25.2 Å². The zero-order valence-corrected chi connectivity index (χ0v) is 14.0. The molecular formula is C19H20N2O4. The summed E-state index contributed by atoms with van der Waals surface area (Å²) in [5.74, 6) is -0.317. The first-order valence-electron chi connectivity index (χ1n) is 8.22. The third kappa shape index (κ3) is 3.79. The largest absolute Gasteiger partial charge is 0.497 e. The monoisotopic (exact) mass is 340 g/mol. The number of carbonyl (C=O) groups is 2. The Balaban J connectivity index is 1.69. The molecule has 0 bridgehead atoms. The molecule has 2 N–H and O–H groups in total. The number of methoxy groups -OCH3 is 1. The summed E-state index contributed by atoms with van der Waals surface area (Å²) >= 11 is 0. The van der Waals surface area contributed by atoms with Gasteiger partial charge in [0.2, 0.25) is 0 Å². The number of carboxylic acid groups (broad SMARTS) is 1. The van der Waals surface area contributed by atoms with Crippen molar-refractivity contribution in [1.29, 1.82) is 0 Å². The van der Waals surface area contributed by atoms with Crippen LogP contribution in [0.3, 0.4) is 0 Å². The van der Waals surface area contributed by atoms with Gasteiger partial charge in [0.25, 0.3) is 5.91 Å². The first-order chi connectivity index (χ1) is 12.1. The summed E-state index contributed by atoms with van der Waals surface area (Å²) in [6.45, 7) is 0.509. The number of aryl methyl sites for hydroxylation is 1. The van der Waals surface area contributed by atoms with Crippen LogP contribution in [0.1, 0.15) is 50.6 Å². The zero-order valence-electron chi connectivity index (χ0n) is 14.0. The minimum Gasteiger partial charge on any atom is -0.497 e. The summed E-state index contributed by atoms with van der Waals surface area (Å²) in [4.78, 5) is 27.1. The summed E-state index contributed by atoms with van der Waals surface area (Å²) < 4.78 is 5.28.